The minimum atomic E-state index is 0.867. The predicted octanol–water partition coefficient (Wildman–Crippen LogP) is 2.74. The van der Waals surface area contributed by atoms with Gasteiger partial charge in [-0.1, -0.05) is 25.5 Å². The highest BCUT2D eigenvalue weighted by atomic mass is 32.1. The first-order chi connectivity index (χ1) is 6.38. The van der Waals surface area contributed by atoms with Gasteiger partial charge < -0.3 is 0 Å². The summed E-state index contributed by atoms with van der Waals surface area (Å²) in [4.78, 5) is 2.60. The smallest absolute Gasteiger partial charge is 0.0166 e. The normalized spacial score (nSPS) is 17.5. The fourth-order valence-electron chi connectivity index (χ4n) is 1.51. The monoisotopic (exact) mass is 199 g/mol. The fraction of sp³-hybridized carbons (Fsp3) is 0.818. The third kappa shape index (κ3) is 4.72. The molecule has 0 spiro atoms. The molecule has 0 atom stereocenters. The highest BCUT2D eigenvalue weighted by Gasteiger charge is 2.27. The first-order valence-electron chi connectivity index (χ1n) is 5.38. The van der Waals surface area contributed by atoms with Gasteiger partial charge in [-0.05, 0) is 25.8 Å². The number of hydrogen-bond donors (Lipinski definition) is 1. The number of hydrogen-bond acceptors (Lipinski definition) is 2. The minimum Gasteiger partial charge on any atom is -0.297 e. The molecular weight excluding hydrogens is 178 g/mol. The Kier molecular flexibility index (Phi) is 5.56. The van der Waals surface area contributed by atoms with Crippen molar-refractivity contribution in [3.63, 3.8) is 0 Å². The van der Waals surface area contributed by atoms with Crippen molar-refractivity contribution >= 4 is 12.6 Å². The zero-order chi connectivity index (χ0) is 9.52. The molecule has 0 N–H and O–H groups in total. The standard InChI is InChI=1S/C11H21NS/c1-2-3-8-12(11-6-7-11)9-4-5-10-13/h4-5,11,13H,2-3,6-10H2,1H3. The van der Waals surface area contributed by atoms with E-state index in [1.54, 1.807) is 0 Å². The molecule has 2 heteroatoms. The molecule has 0 aromatic rings. The lowest BCUT2D eigenvalue weighted by Gasteiger charge is -2.19. The first kappa shape index (κ1) is 11.1. The largest absolute Gasteiger partial charge is 0.297 e. The molecule has 0 amide bonds. The summed E-state index contributed by atoms with van der Waals surface area (Å²) in [6.07, 6.45) is 9.87. The van der Waals surface area contributed by atoms with Crippen LogP contribution in [0.3, 0.4) is 0 Å². The topological polar surface area (TPSA) is 3.24 Å². The second-order valence-electron chi connectivity index (χ2n) is 3.73. The third-order valence-electron chi connectivity index (χ3n) is 2.47. The predicted molar refractivity (Wildman–Crippen MR) is 62.5 cm³/mol. The zero-order valence-electron chi connectivity index (χ0n) is 8.58. The summed E-state index contributed by atoms with van der Waals surface area (Å²) in [6.45, 7) is 4.66. The lowest BCUT2D eigenvalue weighted by atomic mass is 10.3. The van der Waals surface area contributed by atoms with Crippen LogP contribution in [0.5, 0.6) is 0 Å². The quantitative estimate of drug-likeness (QED) is 0.487. The summed E-state index contributed by atoms with van der Waals surface area (Å²) in [6, 6.07) is 0.899. The molecule has 0 aromatic carbocycles. The van der Waals surface area contributed by atoms with Gasteiger partial charge in [-0.15, -0.1) is 0 Å². The van der Waals surface area contributed by atoms with E-state index in [0.29, 0.717) is 0 Å². The maximum absolute atomic E-state index is 4.16. The van der Waals surface area contributed by atoms with E-state index in [2.05, 4.69) is 36.6 Å². The van der Waals surface area contributed by atoms with Crippen LogP contribution in [0, 0.1) is 0 Å². The molecule has 1 rings (SSSR count). The molecule has 1 nitrogen and oxygen atoms in total. The van der Waals surface area contributed by atoms with Crippen molar-refractivity contribution in [1.29, 1.82) is 0 Å². The third-order valence-corrected chi connectivity index (χ3v) is 2.68. The van der Waals surface area contributed by atoms with Crippen molar-refractivity contribution in [1.82, 2.24) is 4.90 Å². The summed E-state index contributed by atoms with van der Waals surface area (Å²) in [7, 11) is 0. The van der Waals surface area contributed by atoms with E-state index in [9.17, 15) is 0 Å². The van der Waals surface area contributed by atoms with Crippen LogP contribution < -0.4 is 0 Å². The van der Waals surface area contributed by atoms with Gasteiger partial charge in [0, 0.05) is 18.3 Å². The van der Waals surface area contributed by atoms with Crippen LogP contribution >= 0.6 is 12.6 Å². The molecule has 0 aromatic heterocycles. The lowest BCUT2D eigenvalue weighted by molar-refractivity contribution is 0.287. The van der Waals surface area contributed by atoms with Crippen LogP contribution in [0.1, 0.15) is 32.6 Å². The van der Waals surface area contributed by atoms with Crippen molar-refractivity contribution in [2.75, 3.05) is 18.8 Å². The molecule has 0 aliphatic heterocycles. The maximum Gasteiger partial charge on any atom is 0.0166 e. The molecule has 0 heterocycles. The highest BCUT2D eigenvalue weighted by Crippen LogP contribution is 2.26. The van der Waals surface area contributed by atoms with Crippen LogP contribution in [0.4, 0.5) is 0 Å². The van der Waals surface area contributed by atoms with Crippen LogP contribution in [0.15, 0.2) is 12.2 Å². The number of thiol groups is 1. The second kappa shape index (κ2) is 6.50. The Morgan fingerprint density at radius 3 is 2.69 bits per heavy atom. The van der Waals surface area contributed by atoms with Gasteiger partial charge in [-0.25, -0.2) is 0 Å². The molecule has 0 saturated heterocycles. The van der Waals surface area contributed by atoms with E-state index in [1.165, 1.54) is 32.2 Å². The van der Waals surface area contributed by atoms with Crippen LogP contribution in [0.25, 0.3) is 0 Å². The van der Waals surface area contributed by atoms with Crippen molar-refractivity contribution in [2.45, 2.75) is 38.6 Å². The van der Waals surface area contributed by atoms with Crippen LogP contribution in [-0.4, -0.2) is 29.8 Å². The number of unbranched alkanes of at least 4 members (excludes halogenated alkanes) is 1. The average Bonchev–Trinajstić information content (AvgIpc) is 2.94. The Morgan fingerprint density at radius 2 is 2.15 bits per heavy atom. The fourth-order valence-corrected chi connectivity index (χ4v) is 1.66. The van der Waals surface area contributed by atoms with Gasteiger partial charge in [0.1, 0.15) is 0 Å². The van der Waals surface area contributed by atoms with E-state index in [-0.39, 0.29) is 0 Å². The molecule has 13 heavy (non-hydrogen) atoms. The van der Waals surface area contributed by atoms with Gasteiger partial charge in [-0.3, -0.25) is 4.90 Å². The molecular formula is C11H21NS. The summed E-state index contributed by atoms with van der Waals surface area (Å²) >= 11 is 4.16. The van der Waals surface area contributed by atoms with Crippen molar-refractivity contribution < 1.29 is 0 Å². The van der Waals surface area contributed by atoms with Crippen LogP contribution in [0.2, 0.25) is 0 Å². The molecule has 0 radical (unpaired) electrons. The Bertz CT molecular complexity index is 152. The Balaban J connectivity index is 2.17. The summed E-state index contributed by atoms with van der Waals surface area (Å²) in [5.74, 6) is 0.867. The molecule has 76 valence electrons. The van der Waals surface area contributed by atoms with Crippen molar-refractivity contribution in [3.8, 4) is 0 Å². The molecule has 1 fully saturated rings. The van der Waals surface area contributed by atoms with Crippen molar-refractivity contribution in [2.24, 2.45) is 0 Å². The first-order valence-corrected chi connectivity index (χ1v) is 6.01. The maximum atomic E-state index is 4.16. The van der Waals surface area contributed by atoms with Gasteiger partial charge in [-0.2, -0.15) is 12.6 Å². The molecule has 0 unspecified atom stereocenters. The van der Waals surface area contributed by atoms with Gasteiger partial charge in [0.2, 0.25) is 0 Å². The van der Waals surface area contributed by atoms with Gasteiger partial charge in [0.05, 0.1) is 0 Å². The number of rotatable bonds is 7. The minimum absolute atomic E-state index is 0.867. The van der Waals surface area contributed by atoms with E-state index in [4.69, 9.17) is 0 Å². The van der Waals surface area contributed by atoms with E-state index in [1.807, 2.05) is 0 Å². The molecule has 1 aliphatic rings. The van der Waals surface area contributed by atoms with Gasteiger partial charge in [0.25, 0.3) is 0 Å². The van der Waals surface area contributed by atoms with E-state index >= 15 is 0 Å². The summed E-state index contributed by atoms with van der Waals surface area (Å²) in [5, 5.41) is 0. The number of nitrogens with zero attached hydrogens (tertiary/aromatic N) is 1. The molecule has 0 bridgehead atoms. The SMILES string of the molecule is CCCCN(CC=CCS)C1CC1. The summed E-state index contributed by atoms with van der Waals surface area (Å²) < 4.78 is 0. The van der Waals surface area contributed by atoms with Gasteiger partial charge >= 0.3 is 0 Å². The second-order valence-corrected chi connectivity index (χ2v) is 4.10. The Labute approximate surface area is 87.6 Å². The summed E-state index contributed by atoms with van der Waals surface area (Å²) in [5.41, 5.74) is 0. The average molecular weight is 199 g/mol. The zero-order valence-corrected chi connectivity index (χ0v) is 9.47. The van der Waals surface area contributed by atoms with Gasteiger partial charge in [0.15, 0.2) is 0 Å². The Hall–Kier alpha value is 0.0500. The van der Waals surface area contributed by atoms with Crippen molar-refractivity contribution in [3.05, 3.63) is 12.2 Å². The van der Waals surface area contributed by atoms with E-state index in [0.717, 1.165) is 18.3 Å². The Morgan fingerprint density at radius 1 is 1.38 bits per heavy atom. The van der Waals surface area contributed by atoms with Crippen LogP contribution in [-0.2, 0) is 0 Å². The lowest BCUT2D eigenvalue weighted by Crippen LogP contribution is -2.27. The molecule has 1 aliphatic carbocycles. The molecule has 1 saturated carbocycles. The van der Waals surface area contributed by atoms with E-state index < -0.39 is 0 Å². The highest BCUT2D eigenvalue weighted by molar-refractivity contribution is 7.80.